The molecule has 6 nitrogen and oxygen atoms in total. The first-order valence-electron chi connectivity index (χ1n) is 13.9. The van der Waals surface area contributed by atoms with Gasteiger partial charge in [-0.3, -0.25) is 9.59 Å². The lowest BCUT2D eigenvalue weighted by atomic mass is 9.79. The number of carbonyl (C=O) groups is 2. The lowest BCUT2D eigenvalue weighted by Gasteiger charge is -2.41. The minimum absolute atomic E-state index is 0.0879. The van der Waals surface area contributed by atoms with Gasteiger partial charge < -0.3 is 19.3 Å². The van der Waals surface area contributed by atoms with E-state index in [1.807, 2.05) is 13.8 Å². The summed E-state index contributed by atoms with van der Waals surface area (Å²) in [6.45, 7) is 11.2. The van der Waals surface area contributed by atoms with Crippen LogP contribution in [0.2, 0.25) is 0 Å². The van der Waals surface area contributed by atoms with Crippen LogP contribution in [-0.2, 0) is 40.1 Å². The molecule has 0 bridgehead atoms. The summed E-state index contributed by atoms with van der Waals surface area (Å²) in [6.07, 6.45) is 3.97. The summed E-state index contributed by atoms with van der Waals surface area (Å²) in [4.78, 5) is 30.5. The second-order valence-electron chi connectivity index (χ2n) is 11.1. The largest absolute Gasteiger partial charge is 0.490 e. The van der Waals surface area contributed by atoms with Gasteiger partial charge in [-0.05, 0) is 124 Å². The number of benzene rings is 2. The Bertz CT molecular complexity index is 1280. The smallest absolute Gasteiger partial charge is 0.310 e. The van der Waals surface area contributed by atoms with Crippen LogP contribution in [0.25, 0.3) is 11.1 Å². The summed E-state index contributed by atoms with van der Waals surface area (Å²) in [7, 11) is 2.12. The van der Waals surface area contributed by atoms with Crippen LogP contribution in [0, 0.1) is 26.6 Å². The first kappa shape index (κ1) is 26.7. The quantitative estimate of drug-likeness (QED) is 0.527. The number of hydrogen-bond acceptors (Lipinski definition) is 5. The summed E-state index contributed by atoms with van der Waals surface area (Å²) < 4.78 is 26.4. The predicted octanol–water partition coefficient (Wildman–Crippen LogP) is 4.83. The van der Waals surface area contributed by atoms with Gasteiger partial charge in [0.2, 0.25) is 5.91 Å². The van der Waals surface area contributed by atoms with Crippen LogP contribution in [0.5, 0.6) is 5.75 Å². The maximum Gasteiger partial charge on any atom is 0.310 e. The zero-order chi connectivity index (χ0) is 27.1. The zero-order valence-corrected chi connectivity index (χ0v) is 23.3. The first-order chi connectivity index (χ1) is 18.2. The van der Waals surface area contributed by atoms with Gasteiger partial charge in [0.15, 0.2) is 11.6 Å². The Labute approximate surface area is 225 Å². The molecule has 3 heterocycles. The van der Waals surface area contributed by atoms with Crippen LogP contribution in [0.3, 0.4) is 0 Å². The van der Waals surface area contributed by atoms with Crippen molar-refractivity contribution in [3.05, 3.63) is 50.8 Å². The maximum absolute atomic E-state index is 15.4. The minimum Gasteiger partial charge on any atom is -0.490 e. The number of halogens is 1. The van der Waals surface area contributed by atoms with E-state index in [4.69, 9.17) is 9.47 Å². The number of carbonyl (C=O) groups excluding carboxylic acids is 2. The predicted molar refractivity (Wildman–Crippen MR) is 145 cm³/mol. The van der Waals surface area contributed by atoms with Gasteiger partial charge in [-0.1, -0.05) is 0 Å². The van der Waals surface area contributed by atoms with E-state index >= 15 is 4.39 Å². The Hall–Kier alpha value is -2.93. The van der Waals surface area contributed by atoms with Gasteiger partial charge in [-0.2, -0.15) is 0 Å². The van der Waals surface area contributed by atoms with Crippen molar-refractivity contribution in [3.8, 4) is 16.9 Å². The second-order valence-corrected chi connectivity index (χ2v) is 11.1. The summed E-state index contributed by atoms with van der Waals surface area (Å²) in [5, 5.41) is 0. The maximum atomic E-state index is 15.4. The molecule has 1 fully saturated rings. The summed E-state index contributed by atoms with van der Waals surface area (Å²) in [6, 6.07) is 1.81. The Kier molecular flexibility index (Phi) is 7.49. The van der Waals surface area contributed by atoms with Crippen molar-refractivity contribution >= 4 is 11.9 Å². The molecule has 2 aromatic carbocycles. The van der Waals surface area contributed by atoms with Crippen molar-refractivity contribution in [3.63, 3.8) is 0 Å². The molecule has 0 N–H and O–H groups in total. The zero-order valence-electron chi connectivity index (χ0n) is 23.3. The molecule has 0 atom stereocenters. The van der Waals surface area contributed by atoms with Gasteiger partial charge in [-0.25, -0.2) is 4.39 Å². The molecule has 0 radical (unpaired) electrons. The minimum atomic E-state index is -0.361. The van der Waals surface area contributed by atoms with Crippen molar-refractivity contribution in [1.29, 1.82) is 0 Å². The number of nitrogens with zero attached hydrogens (tertiary/aromatic N) is 2. The lowest BCUT2D eigenvalue weighted by Crippen LogP contribution is -2.48. The molecule has 1 amide bonds. The highest BCUT2D eigenvalue weighted by molar-refractivity contribution is 5.88. The van der Waals surface area contributed by atoms with Gasteiger partial charge in [0.25, 0.3) is 0 Å². The average Bonchev–Trinajstić information content (AvgIpc) is 2.90. The number of hydrogen-bond donors (Lipinski definition) is 0. The SMILES string of the molecule is CCOC(=O)Cc1c(C)c2c(c(C)c1-c1cc(F)c3c(c1C)CCCO3)CN(C1CCN(C)CC1)C(=O)C2. The monoisotopic (exact) mass is 522 g/mol. The molecule has 2 aromatic rings. The third-order valence-corrected chi connectivity index (χ3v) is 8.84. The molecule has 0 aliphatic carbocycles. The lowest BCUT2D eigenvalue weighted by molar-refractivity contribution is -0.142. The van der Waals surface area contributed by atoms with Crippen LogP contribution in [-0.4, -0.2) is 61.1 Å². The van der Waals surface area contributed by atoms with Crippen molar-refractivity contribution < 1.29 is 23.5 Å². The molecule has 0 saturated carbocycles. The molecule has 7 heteroatoms. The Morgan fingerprint density at radius 3 is 2.55 bits per heavy atom. The van der Waals surface area contributed by atoms with E-state index in [0.717, 1.165) is 88.8 Å². The van der Waals surface area contributed by atoms with Crippen LogP contribution >= 0.6 is 0 Å². The van der Waals surface area contributed by atoms with Gasteiger partial charge in [0.1, 0.15) is 0 Å². The van der Waals surface area contributed by atoms with E-state index in [2.05, 4.69) is 23.8 Å². The molecule has 0 aromatic heterocycles. The third kappa shape index (κ3) is 4.70. The molecule has 0 spiro atoms. The van der Waals surface area contributed by atoms with Gasteiger partial charge >= 0.3 is 5.97 Å². The Morgan fingerprint density at radius 2 is 1.84 bits per heavy atom. The number of ether oxygens (including phenoxy) is 2. The highest BCUT2D eigenvalue weighted by atomic mass is 19.1. The normalized spacial score (nSPS) is 18.2. The fourth-order valence-electron chi connectivity index (χ4n) is 6.66. The van der Waals surface area contributed by atoms with E-state index in [1.54, 1.807) is 13.0 Å². The van der Waals surface area contributed by atoms with E-state index in [9.17, 15) is 9.59 Å². The van der Waals surface area contributed by atoms with E-state index in [1.165, 1.54) is 0 Å². The average molecular weight is 523 g/mol. The second kappa shape index (κ2) is 10.7. The van der Waals surface area contributed by atoms with Crippen molar-refractivity contribution in [2.24, 2.45) is 0 Å². The molecule has 3 aliphatic rings. The fraction of sp³-hybridized carbons (Fsp3) is 0.548. The summed E-state index contributed by atoms with van der Waals surface area (Å²) >= 11 is 0. The molecule has 3 aliphatic heterocycles. The molecule has 1 saturated heterocycles. The van der Waals surface area contributed by atoms with Crippen molar-refractivity contribution in [2.75, 3.05) is 33.4 Å². The fourth-order valence-corrected chi connectivity index (χ4v) is 6.66. The summed E-state index contributed by atoms with van der Waals surface area (Å²) in [5.74, 6) is -0.167. The molecule has 0 unspecified atom stereocenters. The van der Waals surface area contributed by atoms with E-state index in [0.29, 0.717) is 31.9 Å². The first-order valence-corrected chi connectivity index (χ1v) is 13.9. The molecular weight excluding hydrogens is 483 g/mol. The molecule has 38 heavy (non-hydrogen) atoms. The number of rotatable bonds is 5. The van der Waals surface area contributed by atoms with Crippen molar-refractivity contribution in [2.45, 2.75) is 78.8 Å². The van der Waals surface area contributed by atoms with Crippen LogP contribution in [0.15, 0.2) is 6.07 Å². The number of piperidine rings is 1. The Morgan fingerprint density at radius 1 is 1.11 bits per heavy atom. The topological polar surface area (TPSA) is 59.1 Å². The van der Waals surface area contributed by atoms with Crippen LogP contribution < -0.4 is 4.74 Å². The number of amides is 1. The standard InChI is InChI=1S/C31H39FN2O4/c1-6-37-29(36)16-25-19(3)23-15-28(35)34(21-9-11-33(5)12-10-21)17-26(23)20(4)30(25)24-14-27(32)31-22(18(24)2)8-7-13-38-31/h14,21H,6-13,15-17H2,1-5H3. The van der Waals surface area contributed by atoms with E-state index < -0.39 is 0 Å². The number of fused-ring (bicyclic) bond motifs is 2. The highest BCUT2D eigenvalue weighted by Crippen LogP contribution is 2.43. The number of likely N-dealkylation sites (tertiary alicyclic amines) is 1. The molecular formula is C31H39FN2O4. The van der Waals surface area contributed by atoms with Crippen molar-refractivity contribution in [1.82, 2.24) is 9.80 Å². The van der Waals surface area contributed by atoms with Gasteiger partial charge in [0, 0.05) is 18.2 Å². The van der Waals surface area contributed by atoms with Crippen LogP contribution in [0.1, 0.15) is 65.1 Å². The van der Waals surface area contributed by atoms with Gasteiger partial charge in [0.05, 0.1) is 26.1 Å². The molecule has 204 valence electrons. The van der Waals surface area contributed by atoms with E-state index in [-0.39, 0.29) is 30.2 Å². The highest BCUT2D eigenvalue weighted by Gasteiger charge is 2.35. The van der Waals surface area contributed by atoms with Crippen LogP contribution in [0.4, 0.5) is 4.39 Å². The molecule has 5 rings (SSSR count). The number of esters is 1. The van der Waals surface area contributed by atoms with Gasteiger partial charge in [-0.15, -0.1) is 0 Å². The third-order valence-electron chi connectivity index (χ3n) is 8.84. The Balaban J connectivity index is 1.67. The summed E-state index contributed by atoms with van der Waals surface area (Å²) in [5.41, 5.74) is 8.55.